The summed E-state index contributed by atoms with van der Waals surface area (Å²) in [6.45, 7) is 4.34. The Morgan fingerprint density at radius 2 is 1.74 bits per heavy atom. The Labute approximate surface area is 200 Å². The fraction of sp³-hybridized carbons (Fsp3) is 0.304. The Morgan fingerprint density at radius 1 is 1.03 bits per heavy atom. The molecule has 1 aliphatic heterocycles. The van der Waals surface area contributed by atoms with Crippen molar-refractivity contribution < 1.29 is 4.74 Å². The molecule has 1 fully saturated rings. The molecule has 1 aromatic heterocycles. The number of piperazine rings is 1. The van der Waals surface area contributed by atoms with Gasteiger partial charge >= 0.3 is 0 Å². The van der Waals surface area contributed by atoms with E-state index >= 15 is 0 Å². The number of para-hydroxylation sites is 3. The van der Waals surface area contributed by atoms with Gasteiger partial charge in [-0.2, -0.15) is 5.10 Å². The van der Waals surface area contributed by atoms with Gasteiger partial charge < -0.3 is 19.9 Å². The highest BCUT2D eigenvalue weighted by atomic mass is 127. The second-order valence-electron chi connectivity index (χ2n) is 7.18. The van der Waals surface area contributed by atoms with Crippen LogP contribution in [-0.4, -0.2) is 61.0 Å². The Kier molecular flexibility index (Phi) is 8.16. The molecular weight excluding hydrogens is 503 g/mol. The zero-order valence-electron chi connectivity index (χ0n) is 17.9. The van der Waals surface area contributed by atoms with Crippen molar-refractivity contribution in [2.45, 2.75) is 6.54 Å². The molecule has 0 unspecified atom stereocenters. The van der Waals surface area contributed by atoms with Gasteiger partial charge in [-0.1, -0.05) is 30.3 Å². The van der Waals surface area contributed by atoms with Crippen LogP contribution in [0.3, 0.4) is 0 Å². The summed E-state index contributed by atoms with van der Waals surface area (Å²) in [5.74, 6) is 1.84. The van der Waals surface area contributed by atoms with Gasteiger partial charge in [0.25, 0.3) is 0 Å². The van der Waals surface area contributed by atoms with Gasteiger partial charge in [0.2, 0.25) is 0 Å². The standard InChI is InChI=1S/C23H28N6O.HI/c1-24-23(25-16-19-17-26-29(18-19)20-8-4-3-5-9-20)28-14-12-27(13-15-28)21-10-6-7-11-22(21)30-2;/h3-11,17-18H,12-16H2,1-2H3,(H,24,25);1H. The third kappa shape index (κ3) is 5.49. The monoisotopic (exact) mass is 532 g/mol. The molecule has 4 rings (SSSR count). The molecule has 3 aromatic rings. The second-order valence-corrected chi connectivity index (χ2v) is 7.18. The van der Waals surface area contributed by atoms with Crippen LogP contribution in [0.5, 0.6) is 5.75 Å². The second kappa shape index (κ2) is 11.0. The molecule has 31 heavy (non-hydrogen) atoms. The molecule has 0 radical (unpaired) electrons. The molecule has 164 valence electrons. The smallest absolute Gasteiger partial charge is 0.194 e. The lowest BCUT2D eigenvalue weighted by molar-refractivity contribution is 0.367. The highest BCUT2D eigenvalue weighted by molar-refractivity contribution is 14.0. The maximum Gasteiger partial charge on any atom is 0.194 e. The number of nitrogens with zero attached hydrogens (tertiary/aromatic N) is 5. The quantitative estimate of drug-likeness (QED) is 0.310. The van der Waals surface area contributed by atoms with Gasteiger partial charge in [0, 0.05) is 51.5 Å². The molecule has 1 aliphatic rings. The van der Waals surface area contributed by atoms with Crippen LogP contribution in [0.2, 0.25) is 0 Å². The summed E-state index contributed by atoms with van der Waals surface area (Å²) in [7, 11) is 3.56. The normalized spacial score (nSPS) is 14.2. The number of benzene rings is 2. The Balaban J connectivity index is 0.00000272. The van der Waals surface area contributed by atoms with Crippen LogP contribution in [0.15, 0.2) is 72.0 Å². The van der Waals surface area contributed by atoms with Crippen LogP contribution >= 0.6 is 24.0 Å². The molecule has 0 atom stereocenters. The van der Waals surface area contributed by atoms with Crippen molar-refractivity contribution in [1.29, 1.82) is 0 Å². The van der Waals surface area contributed by atoms with Crippen molar-refractivity contribution >= 4 is 35.6 Å². The summed E-state index contributed by atoms with van der Waals surface area (Å²) >= 11 is 0. The van der Waals surface area contributed by atoms with Crippen LogP contribution in [0.1, 0.15) is 5.56 Å². The van der Waals surface area contributed by atoms with Gasteiger partial charge in [-0.05, 0) is 24.3 Å². The molecule has 0 saturated carbocycles. The van der Waals surface area contributed by atoms with E-state index in [4.69, 9.17) is 4.74 Å². The number of guanidine groups is 1. The molecule has 0 bridgehead atoms. The van der Waals surface area contributed by atoms with E-state index in [0.717, 1.165) is 54.8 Å². The van der Waals surface area contributed by atoms with Crippen LogP contribution in [0, 0.1) is 0 Å². The predicted molar refractivity (Wildman–Crippen MR) is 136 cm³/mol. The molecule has 1 N–H and O–H groups in total. The van der Waals surface area contributed by atoms with E-state index < -0.39 is 0 Å². The summed E-state index contributed by atoms with van der Waals surface area (Å²) in [6.07, 6.45) is 3.95. The van der Waals surface area contributed by atoms with E-state index in [1.54, 1.807) is 7.11 Å². The lowest BCUT2D eigenvalue weighted by Gasteiger charge is -2.38. The van der Waals surface area contributed by atoms with Crippen LogP contribution < -0.4 is 15.0 Å². The van der Waals surface area contributed by atoms with Crippen molar-refractivity contribution in [1.82, 2.24) is 20.0 Å². The van der Waals surface area contributed by atoms with Crippen molar-refractivity contribution in [2.24, 2.45) is 4.99 Å². The largest absolute Gasteiger partial charge is 0.495 e. The van der Waals surface area contributed by atoms with Crippen molar-refractivity contribution in [3.05, 3.63) is 72.6 Å². The van der Waals surface area contributed by atoms with Gasteiger partial charge in [-0.15, -0.1) is 24.0 Å². The summed E-state index contributed by atoms with van der Waals surface area (Å²) in [5.41, 5.74) is 3.32. The summed E-state index contributed by atoms with van der Waals surface area (Å²) in [5, 5.41) is 7.94. The first-order chi connectivity index (χ1) is 14.8. The third-order valence-electron chi connectivity index (χ3n) is 5.32. The van der Waals surface area contributed by atoms with Crippen molar-refractivity contribution in [2.75, 3.05) is 45.2 Å². The van der Waals surface area contributed by atoms with E-state index in [1.807, 2.05) is 60.4 Å². The Hall–Kier alpha value is -2.75. The Bertz CT molecular complexity index is 982. The minimum absolute atomic E-state index is 0. The summed E-state index contributed by atoms with van der Waals surface area (Å²) in [6, 6.07) is 18.3. The number of hydrogen-bond donors (Lipinski definition) is 1. The summed E-state index contributed by atoms with van der Waals surface area (Å²) < 4.78 is 7.41. The number of methoxy groups -OCH3 is 1. The predicted octanol–water partition coefficient (Wildman–Crippen LogP) is 3.40. The average molecular weight is 532 g/mol. The lowest BCUT2D eigenvalue weighted by atomic mass is 10.2. The van der Waals surface area contributed by atoms with E-state index in [9.17, 15) is 0 Å². The van der Waals surface area contributed by atoms with Gasteiger partial charge in [0.15, 0.2) is 5.96 Å². The zero-order chi connectivity index (χ0) is 20.8. The first-order valence-electron chi connectivity index (χ1n) is 10.2. The number of halogens is 1. The molecule has 2 heterocycles. The van der Waals surface area contributed by atoms with E-state index in [0.29, 0.717) is 6.54 Å². The highest BCUT2D eigenvalue weighted by Crippen LogP contribution is 2.28. The number of anilines is 1. The van der Waals surface area contributed by atoms with Crippen molar-refractivity contribution in [3.8, 4) is 11.4 Å². The SMILES string of the molecule is CN=C(NCc1cnn(-c2ccccc2)c1)N1CCN(c2ccccc2OC)CC1.I. The molecule has 2 aromatic carbocycles. The van der Waals surface area contributed by atoms with Gasteiger partial charge in [0.05, 0.1) is 24.7 Å². The highest BCUT2D eigenvalue weighted by Gasteiger charge is 2.21. The number of aliphatic imine (C=N–C) groups is 1. The first-order valence-corrected chi connectivity index (χ1v) is 10.2. The maximum absolute atomic E-state index is 5.52. The molecule has 1 saturated heterocycles. The van der Waals surface area contributed by atoms with E-state index in [2.05, 4.69) is 43.5 Å². The number of nitrogens with one attached hydrogen (secondary N) is 1. The Morgan fingerprint density at radius 3 is 2.45 bits per heavy atom. The number of ether oxygens (including phenoxy) is 1. The average Bonchev–Trinajstić information content (AvgIpc) is 3.29. The molecule has 0 aliphatic carbocycles. The van der Waals surface area contributed by atoms with Crippen LogP contribution in [0.4, 0.5) is 5.69 Å². The van der Waals surface area contributed by atoms with Crippen LogP contribution in [-0.2, 0) is 6.54 Å². The van der Waals surface area contributed by atoms with E-state index in [1.165, 1.54) is 0 Å². The van der Waals surface area contributed by atoms with Gasteiger partial charge in [-0.25, -0.2) is 4.68 Å². The number of hydrogen-bond acceptors (Lipinski definition) is 4. The molecule has 0 amide bonds. The minimum atomic E-state index is 0. The van der Waals surface area contributed by atoms with Gasteiger partial charge in [-0.3, -0.25) is 4.99 Å². The maximum atomic E-state index is 5.52. The number of aromatic nitrogens is 2. The summed E-state index contributed by atoms with van der Waals surface area (Å²) in [4.78, 5) is 9.15. The van der Waals surface area contributed by atoms with E-state index in [-0.39, 0.29) is 24.0 Å². The van der Waals surface area contributed by atoms with Gasteiger partial charge in [0.1, 0.15) is 5.75 Å². The number of rotatable bonds is 5. The first kappa shape index (κ1) is 22.9. The lowest BCUT2D eigenvalue weighted by Crippen LogP contribution is -2.52. The van der Waals surface area contributed by atoms with Crippen molar-refractivity contribution in [3.63, 3.8) is 0 Å². The molecule has 8 heteroatoms. The third-order valence-corrected chi connectivity index (χ3v) is 5.32. The van der Waals surface area contributed by atoms with Crippen LogP contribution in [0.25, 0.3) is 5.69 Å². The minimum Gasteiger partial charge on any atom is -0.495 e. The molecular formula is C23H29IN6O. The zero-order valence-corrected chi connectivity index (χ0v) is 20.3. The fourth-order valence-electron chi connectivity index (χ4n) is 3.74. The topological polar surface area (TPSA) is 57.9 Å². The molecule has 7 nitrogen and oxygen atoms in total. The fourth-order valence-corrected chi connectivity index (χ4v) is 3.74. The molecule has 0 spiro atoms.